The van der Waals surface area contributed by atoms with E-state index in [0.29, 0.717) is 0 Å². The third-order valence-electron chi connectivity index (χ3n) is 0. The van der Waals surface area contributed by atoms with Gasteiger partial charge in [0.25, 0.3) is 0 Å². The maximum atomic E-state index is 7.17. The van der Waals surface area contributed by atoms with Crippen molar-refractivity contribution in [1.82, 2.24) is 0 Å². The Morgan fingerprint density at radius 2 is 0.714 bits per heavy atom. The van der Waals surface area contributed by atoms with Crippen molar-refractivity contribution in [1.29, 1.82) is 0 Å². The zero-order valence-electron chi connectivity index (χ0n) is 4.04. The van der Waals surface area contributed by atoms with Crippen LogP contribution in [0.2, 0.25) is 0 Å². The molecule has 0 unspecified atom stereocenters. The molecular weight excluding hydrogens is 255 g/mol. The van der Waals surface area contributed by atoms with Crippen LogP contribution in [0.15, 0.2) is 0 Å². The van der Waals surface area contributed by atoms with E-state index >= 15 is 0 Å². The van der Waals surface area contributed by atoms with Gasteiger partial charge in [-0.1, -0.05) is 0 Å². The van der Waals surface area contributed by atoms with Gasteiger partial charge < -0.3 is 15.1 Å². The second kappa shape index (κ2) is 15.7. The molecular formula is H3BO3Zn3. The third kappa shape index (κ3) is 80.2. The number of hydrogen-bond acceptors (Lipinski definition) is 3. The first-order valence-corrected chi connectivity index (χ1v) is 0.775. The Bertz CT molecular complexity index is 14.9. The standard InChI is InChI=1S/BH3O3.3Zn/c2-1(3)4;;;/h2-4H;;;. The van der Waals surface area contributed by atoms with Gasteiger partial charge in [0.05, 0.1) is 0 Å². The summed E-state index contributed by atoms with van der Waals surface area (Å²) < 4.78 is 0. The van der Waals surface area contributed by atoms with Crippen LogP contribution in [0.1, 0.15) is 0 Å². The van der Waals surface area contributed by atoms with Crippen LogP contribution in [0, 0.1) is 0 Å². The van der Waals surface area contributed by atoms with Gasteiger partial charge in [-0.25, -0.2) is 0 Å². The van der Waals surface area contributed by atoms with Crippen molar-refractivity contribution in [3.63, 3.8) is 0 Å². The maximum absolute atomic E-state index is 7.17. The first-order chi connectivity index (χ1) is 1.73. The fourth-order valence-corrected chi connectivity index (χ4v) is 0. The Balaban J connectivity index is -0.0000000150. The Hall–Kier alpha value is 1.82. The predicted octanol–water partition coefficient (Wildman–Crippen LogP) is -2.06. The maximum Gasteiger partial charge on any atom is 0.631 e. The summed E-state index contributed by atoms with van der Waals surface area (Å²) in [7, 11) is -2.17. The van der Waals surface area contributed by atoms with Crippen LogP contribution in [0.3, 0.4) is 0 Å². The van der Waals surface area contributed by atoms with Crippen molar-refractivity contribution < 1.29 is 73.5 Å². The van der Waals surface area contributed by atoms with Crippen LogP contribution in [0.5, 0.6) is 0 Å². The van der Waals surface area contributed by atoms with E-state index < -0.39 is 7.32 Å². The molecule has 0 amide bonds. The normalized spacial score (nSPS) is 3.86. The molecule has 0 spiro atoms. The minimum Gasteiger partial charge on any atom is -0.402 e. The van der Waals surface area contributed by atoms with Gasteiger partial charge in [-0.3, -0.25) is 0 Å². The molecule has 0 radical (unpaired) electrons. The summed E-state index contributed by atoms with van der Waals surface area (Å²) in [5.74, 6) is 0. The number of hydrogen-bond donors (Lipinski definition) is 3. The molecule has 0 aliphatic carbocycles. The molecule has 7 heteroatoms. The molecule has 0 aromatic rings. The largest absolute Gasteiger partial charge is 0.631 e. The summed E-state index contributed by atoms with van der Waals surface area (Å²) >= 11 is 0. The van der Waals surface area contributed by atoms with E-state index in [4.69, 9.17) is 15.1 Å². The van der Waals surface area contributed by atoms with Gasteiger partial charge in [-0.05, 0) is 0 Å². The Labute approximate surface area is 80.3 Å². The molecule has 0 bridgehead atoms. The third-order valence-corrected chi connectivity index (χ3v) is 0. The van der Waals surface area contributed by atoms with Gasteiger partial charge in [0.15, 0.2) is 0 Å². The second-order valence-corrected chi connectivity index (χ2v) is 0.346. The Morgan fingerprint density at radius 3 is 0.714 bits per heavy atom. The van der Waals surface area contributed by atoms with Crippen molar-refractivity contribution in [2.24, 2.45) is 0 Å². The molecule has 30 valence electrons. The molecule has 0 aliphatic heterocycles. The summed E-state index contributed by atoms with van der Waals surface area (Å²) in [4.78, 5) is 0. The molecule has 0 fully saturated rings. The fourth-order valence-electron chi connectivity index (χ4n) is 0. The van der Waals surface area contributed by atoms with Crippen molar-refractivity contribution in [3.8, 4) is 0 Å². The van der Waals surface area contributed by atoms with Crippen LogP contribution >= 0.6 is 0 Å². The van der Waals surface area contributed by atoms with E-state index in [1.165, 1.54) is 0 Å². The molecule has 0 heterocycles. The molecule has 0 atom stereocenters. The van der Waals surface area contributed by atoms with E-state index in [2.05, 4.69) is 0 Å². The van der Waals surface area contributed by atoms with Crippen LogP contribution in [-0.2, 0) is 58.4 Å². The fraction of sp³-hybridized carbons (Fsp3) is 0. The number of rotatable bonds is 0. The molecule has 0 aromatic carbocycles. The molecule has 3 nitrogen and oxygen atoms in total. The van der Waals surface area contributed by atoms with Gasteiger partial charge in [0.2, 0.25) is 0 Å². The average Bonchev–Trinajstić information content (AvgIpc) is 0.811. The second-order valence-electron chi connectivity index (χ2n) is 0.346. The summed E-state index contributed by atoms with van der Waals surface area (Å²) in [6, 6.07) is 0. The zero-order valence-corrected chi connectivity index (χ0v) is 12.9. The summed E-state index contributed by atoms with van der Waals surface area (Å²) in [6.07, 6.45) is 0. The Kier molecular flexibility index (Phi) is 51.9. The van der Waals surface area contributed by atoms with Crippen LogP contribution in [-0.4, -0.2) is 22.4 Å². The van der Waals surface area contributed by atoms with Crippen molar-refractivity contribution in [2.45, 2.75) is 0 Å². The van der Waals surface area contributed by atoms with Crippen LogP contribution < -0.4 is 0 Å². The molecule has 0 saturated carbocycles. The topological polar surface area (TPSA) is 60.7 Å². The average molecular weight is 258 g/mol. The van der Waals surface area contributed by atoms with Gasteiger partial charge >= 0.3 is 7.32 Å². The molecule has 0 aliphatic rings. The first-order valence-electron chi connectivity index (χ1n) is 0.775. The monoisotopic (exact) mass is 254 g/mol. The van der Waals surface area contributed by atoms with Crippen LogP contribution in [0.4, 0.5) is 0 Å². The Morgan fingerprint density at radius 1 is 0.714 bits per heavy atom. The SMILES string of the molecule is OB(O)O.[Zn].[Zn].[Zn]. The van der Waals surface area contributed by atoms with E-state index in [1.807, 2.05) is 0 Å². The van der Waals surface area contributed by atoms with Gasteiger partial charge in [0, 0.05) is 58.4 Å². The van der Waals surface area contributed by atoms with E-state index in [1.54, 1.807) is 0 Å². The molecule has 0 saturated heterocycles. The molecule has 3 N–H and O–H groups in total. The van der Waals surface area contributed by atoms with Crippen molar-refractivity contribution in [3.05, 3.63) is 0 Å². The van der Waals surface area contributed by atoms with Crippen molar-refractivity contribution >= 4 is 7.32 Å². The van der Waals surface area contributed by atoms with Crippen LogP contribution in [0.25, 0.3) is 0 Å². The van der Waals surface area contributed by atoms with E-state index in [0.717, 1.165) is 0 Å². The quantitative estimate of drug-likeness (QED) is 0.438. The van der Waals surface area contributed by atoms with Crippen molar-refractivity contribution in [2.75, 3.05) is 0 Å². The zero-order chi connectivity index (χ0) is 3.58. The predicted molar refractivity (Wildman–Crippen MR) is 12.4 cm³/mol. The smallest absolute Gasteiger partial charge is 0.402 e. The molecule has 7 heavy (non-hydrogen) atoms. The van der Waals surface area contributed by atoms with E-state index in [-0.39, 0.29) is 58.4 Å². The molecule has 0 aromatic heterocycles. The minimum absolute atomic E-state index is 0. The molecule has 0 rings (SSSR count). The summed E-state index contributed by atoms with van der Waals surface area (Å²) in [5.41, 5.74) is 0. The minimum atomic E-state index is -2.17. The first kappa shape index (κ1) is 23.2. The summed E-state index contributed by atoms with van der Waals surface area (Å²) in [6.45, 7) is 0. The van der Waals surface area contributed by atoms with Gasteiger partial charge in [0.1, 0.15) is 0 Å². The summed E-state index contributed by atoms with van der Waals surface area (Å²) in [5, 5.41) is 21.5. The van der Waals surface area contributed by atoms with Gasteiger partial charge in [-0.2, -0.15) is 0 Å². The van der Waals surface area contributed by atoms with E-state index in [9.17, 15) is 0 Å². The van der Waals surface area contributed by atoms with Gasteiger partial charge in [-0.15, -0.1) is 0 Å².